The Morgan fingerprint density at radius 3 is 2.74 bits per heavy atom. The van der Waals surface area contributed by atoms with Crippen molar-refractivity contribution in [1.29, 1.82) is 0 Å². The van der Waals surface area contributed by atoms with Crippen LogP contribution in [0.25, 0.3) is 11.3 Å². The number of benzene rings is 2. The molecule has 1 heterocycles. The van der Waals surface area contributed by atoms with Gasteiger partial charge in [0.15, 0.2) is 16.8 Å². The zero-order valence-corrected chi connectivity index (χ0v) is 15.2. The Morgan fingerprint density at radius 1 is 1.15 bits per heavy atom. The maximum Gasteiger partial charge on any atom is 0.261 e. The largest absolute Gasteiger partial charge is 0.490 e. The average Bonchev–Trinajstić information content (AvgIpc) is 3.13. The number of nitrogens with zero attached hydrogens (tertiary/aromatic N) is 1. The third kappa shape index (κ3) is 4.66. The monoisotopic (exact) mass is 390 g/mol. The Morgan fingerprint density at radius 2 is 1.96 bits per heavy atom. The number of thiazole rings is 1. The highest BCUT2D eigenvalue weighted by atomic mass is 32.1. The number of halogens is 2. The molecule has 0 saturated carbocycles. The molecule has 0 aliphatic heterocycles. The topological polar surface area (TPSA) is 60.5 Å². The van der Waals surface area contributed by atoms with Crippen LogP contribution in [0.3, 0.4) is 0 Å². The SMILES string of the molecule is COCCOc1ccccc1C(=O)Nc1nc(-c2ccc(F)c(F)c2)cs1. The van der Waals surface area contributed by atoms with Crippen LogP contribution in [0.5, 0.6) is 5.75 Å². The van der Waals surface area contributed by atoms with E-state index >= 15 is 0 Å². The number of aromatic nitrogens is 1. The molecular weight excluding hydrogens is 374 g/mol. The molecule has 0 saturated heterocycles. The quantitative estimate of drug-likeness (QED) is 0.609. The third-order valence-electron chi connectivity index (χ3n) is 3.62. The molecule has 3 aromatic rings. The second-order valence-corrected chi connectivity index (χ2v) is 6.32. The molecule has 8 heteroatoms. The van der Waals surface area contributed by atoms with Crippen molar-refractivity contribution < 1.29 is 23.0 Å². The van der Waals surface area contributed by atoms with Gasteiger partial charge in [-0.3, -0.25) is 10.1 Å². The van der Waals surface area contributed by atoms with E-state index in [0.29, 0.717) is 40.9 Å². The smallest absolute Gasteiger partial charge is 0.261 e. The summed E-state index contributed by atoms with van der Waals surface area (Å²) in [6, 6.07) is 10.4. The van der Waals surface area contributed by atoms with E-state index in [-0.39, 0.29) is 5.91 Å². The molecule has 0 radical (unpaired) electrons. The van der Waals surface area contributed by atoms with E-state index < -0.39 is 11.6 Å². The van der Waals surface area contributed by atoms with Gasteiger partial charge >= 0.3 is 0 Å². The standard InChI is InChI=1S/C19H16F2N2O3S/c1-25-8-9-26-17-5-3-2-4-13(17)18(24)23-19-22-16(11-27-19)12-6-7-14(20)15(21)10-12/h2-7,10-11H,8-9H2,1H3,(H,22,23,24). The fourth-order valence-electron chi connectivity index (χ4n) is 2.30. The van der Waals surface area contributed by atoms with Crippen LogP contribution in [0.1, 0.15) is 10.4 Å². The molecule has 0 unspecified atom stereocenters. The predicted octanol–water partition coefficient (Wildman–Crippen LogP) is 4.37. The van der Waals surface area contributed by atoms with Crippen molar-refractivity contribution in [2.24, 2.45) is 0 Å². The first-order chi connectivity index (χ1) is 13.1. The summed E-state index contributed by atoms with van der Waals surface area (Å²) in [6.07, 6.45) is 0. The van der Waals surface area contributed by atoms with Gasteiger partial charge in [-0.05, 0) is 30.3 Å². The highest BCUT2D eigenvalue weighted by Crippen LogP contribution is 2.27. The predicted molar refractivity (Wildman–Crippen MR) is 99.2 cm³/mol. The number of carbonyl (C=O) groups is 1. The molecule has 0 fully saturated rings. The molecule has 0 spiro atoms. The minimum absolute atomic E-state index is 0.318. The van der Waals surface area contributed by atoms with Crippen LogP contribution in [0.4, 0.5) is 13.9 Å². The van der Waals surface area contributed by atoms with E-state index in [1.165, 1.54) is 17.4 Å². The van der Waals surface area contributed by atoms with E-state index in [0.717, 1.165) is 12.1 Å². The number of ether oxygens (including phenoxy) is 2. The van der Waals surface area contributed by atoms with E-state index in [2.05, 4.69) is 10.3 Å². The van der Waals surface area contributed by atoms with E-state index in [1.54, 1.807) is 36.8 Å². The summed E-state index contributed by atoms with van der Waals surface area (Å²) < 4.78 is 36.9. The van der Waals surface area contributed by atoms with E-state index in [9.17, 15) is 13.6 Å². The minimum Gasteiger partial charge on any atom is -0.490 e. The Labute approximate surface area is 158 Å². The second-order valence-electron chi connectivity index (χ2n) is 5.46. The Bertz CT molecular complexity index is 946. The zero-order valence-electron chi connectivity index (χ0n) is 14.4. The Hall–Kier alpha value is -2.84. The van der Waals surface area contributed by atoms with Gasteiger partial charge in [-0.2, -0.15) is 0 Å². The molecule has 3 rings (SSSR count). The Balaban J connectivity index is 1.74. The summed E-state index contributed by atoms with van der Waals surface area (Å²) in [7, 11) is 1.56. The molecule has 140 valence electrons. The van der Waals surface area contributed by atoms with Crippen molar-refractivity contribution in [2.75, 3.05) is 25.6 Å². The lowest BCUT2D eigenvalue weighted by Crippen LogP contribution is -2.14. The zero-order chi connectivity index (χ0) is 19.2. The maximum absolute atomic E-state index is 13.4. The lowest BCUT2D eigenvalue weighted by Gasteiger charge is -2.10. The molecule has 1 N–H and O–H groups in total. The number of carbonyl (C=O) groups excluding carboxylic acids is 1. The lowest BCUT2D eigenvalue weighted by molar-refractivity contribution is 0.101. The number of anilines is 1. The number of methoxy groups -OCH3 is 1. The van der Waals surface area contributed by atoms with Gasteiger partial charge in [-0.15, -0.1) is 11.3 Å². The molecule has 5 nitrogen and oxygen atoms in total. The van der Waals surface area contributed by atoms with Crippen LogP contribution in [0.15, 0.2) is 47.8 Å². The molecule has 0 atom stereocenters. The highest BCUT2D eigenvalue weighted by Gasteiger charge is 2.15. The molecule has 0 aliphatic carbocycles. The normalized spacial score (nSPS) is 10.6. The Kier molecular flexibility index (Phi) is 6.10. The molecule has 1 aromatic heterocycles. The van der Waals surface area contributed by atoms with Gasteiger partial charge in [0.2, 0.25) is 0 Å². The van der Waals surface area contributed by atoms with Gasteiger partial charge in [0.1, 0.15) is 12.4 Å². The number of para-hydroxylation sites is 1. The van der Waals surface area contributed by atoms with Gasteiger partial charge in [0.05, 0.1) is 17.9 Å². The summed E-state index contributed by atoms with van der Waals surface area (Å²) in [5.41, 5.74) is 1.23. The van der Waals surface area contributed by atoms with Crippen molar-refractivity contribution >= 4 is 22.4 Å². The van der Waals surface area contributed by atoms with Crippen LogP contribution in [0.2, 0.25) is 0 Å². The summed E-state index contributed by atoms with van der Waals surface area (Å²) >= 11 is 1.18. The first-order valence-corrected chi connectivity index (χ1v) is 8.89. The first kappa shape index (κ1) is 18.9. The van der Waals surface area contributed by atoms with Gasteiger partial charge in [-0.1, -0.05) is 12.1 Å². The average molecular weight is 390 g/mol. The van der Waals surface area contributed by atoms with Crippen LogP contribution < -0.4 is 10.1 Å². The fraction of sp³-hybridized carbons (Fsp3) is 0.158. The summed E-state index contributed by atoms with van der Waals surface area (Å²) in [4.78, 5) is 16.8. The number of nitrogens with one attached hydrogen (secondary N) is 1. The number of amides is 1. The van der Waals surface area contributed by atoms with Gasteiger partial charge in [0, 0.05) is 18.1 Å². The summed E-state index contributed by atoms with van der Waals surface area (Å²) in [5, 5.41) is 4.69. The minimum atomic E-state index is -0.951. The van der Waals surface area contributed by atoms with E-state index in [1.807, 2.05) is 0 Å². The van der Waals surface area contributed by atoms with Crippen molar-refractivity contribution in [2.45, 2.75) is 0 Å². The molecule has 1 amide bonds. The molecule has 2 aromatic carbocycles. The molecule has 27 heavy (non-hydrogen) atoms. The number of hydrogen-bond acceptors (Lipinski definition) is 5. The van der Waals surface area contributed by atoms with Crippen LogP contribution in [-0.4, -0.2) is 31.2 Å². The first-order valence-electron chi connectivity index (χ1n) is 8.01. The van der Waals surface area contributed by atoms with Crippen molar-refractivity contribution in [3.63, 3.8) is 0 Å². The molecular formula is C19H16F2N2O3S. The third-order valence-corrected chi connectivity index (χ3v) is 4.37. The van der Waals surface area contributed by atoms with Crippen LogP contribution in [0, 0.1) is 11.6 Å². The van der Waals surface area contributed by atoms with E-state index in [4.69, 9.17) is 9.47 Å². The van der Waals surface area contributed by atoms with Crippen molar-refractivity contribution in [3.05, 3.63) is 65.0 Å². The van der Waals surface area contributed by atoms with Gasteiger partial charge < -0.3 is 9.47 Å². The maximum atomic E-state index is 13.4. The number of rotatable bonds is 7. The van der Waals surface area contributed by atoms with Crippen molar-refractivity contribution in [3.8, 4) is 17.0 Å². The van der Waals surface area contributed by atoms with Crippen molar-refractivity contribution in [1.82, 2.24) is 4.98 Å². The fourth-order valence-corrected chi connectivity index (χ4v) is 3.01. The lowest BCUT2D eigenvalue weighted by atomic mass is 10.2. The second kappa shape index (κ2) is 8.70. The molecule has 0 bridgehead atoms. The highest BCUT2D eigenvalue weighted by molar-refractivity contribution is 7.14. The molecule has 0 aliphatic rings. The summed E-state index contributed by atoms with van der Waals surface area (Å²) in [5.74, 6) is -1.82. The summed E-state index contributed by atoms with van der Waals surface area (Å²) in [6.45, 7) is 0.721. The van der Waals surface area contributed by atoms with Crippen LogP contribution >= 0.6 is 11.3 Å². The number of hydrogen-bond donors (Lipinski definition) is 1. The van der Waals surface area contributed by atoms with Crippen LogP contribution in [-0.2, 0) is 4.74 Å². The van der Waals surface area contributed by atoms with Gasteiger partial charge in [0.25, 0.3) is 5.91 Å². The van der Waals surface area contributed by atoms with Gasteiger partial charge in [-0.25, -0.2) is 13.8 Å².